The number of aromatic nitrogens is 5. The van der Waals surface area contributed by atoms with Gasteiger partial charge in [0.2, 0.25) is 0 Å². The minimum absolute atomic E-state index is 0.0127. The second-order valence-corrected chi connectivity index (χ2v) is 8.93. The second-order valence-electron chi connectivity index (χ2n) is 6.70. The summed E-state index contributed by atoms with van der Waals surface area (Å²) in [4.78, 5) is 22.2. The fourth-order valence-corrected chi connectivity index (χ4v) is 4.24. The van der Waals surface area contributed by atoms with E-state index in [1.54, 1.807) is 0 Å². The maximum absolute atomic E-state index is 14.9. The molecule has 1 fully saturated rings. The van der Waals surface area contributed by atoms with Gasteiger partial charge in [-0.25, -0.2) is 29.2 Å². The van der Waals surface area contributed by atoms with E-state index in [2.05, 4.69) is 24.2 Å². The number of hydrogen-bond acceptors (Lipinski definition) is 13. The van der Waals surface area contributed by atoms with Gasteiger partial charge in [-0.3, -0.25) is 14.3 Å². The minimum Gasteiger partial charge on any atom is -0.387 e. The Bertz CT molecular complexity index is 1310. The highest BCUT2D eigenvalue weighted by Gasteiger charge is 2.47. The number of anilines is 1. The van der Waals surface area contributed by atoms with Crippen LogP contribution in [0.4, 0.5) is 15.9 Å². The number of nitro groups is 1. The zero-order valence-corrected chi connectivity index (χ0v) is 17.9. The molecule has 0 saturated carbocycles. The Morgan fingerprint density at radius 1 is 1.36 bits per heavy atom. The summed E-state index contributed by atoms with van der Waals surface area (Å²) in [5.41, 5.74) is 5.82. The van der Waals surface area contributed by atoms with Crippen LogP contribution in [0.15, 0.2) is 34.7 Å². The molecule has 3 aromatic rings. The summed E-state index contributed by atoms with van der Waals surface area (Å²) in [6.45, 7) is -0.721. The topological polar surface area (TPSA) is 224 Å². The first kappa shape index (κ1) is 23.1. The van der Waals surface area contributed by atoms with E-state index in [9.17, 15) is 28.0 Å². The highest BCUT2D eigenvalue weighted by Crippen LogP contribution is 2.39. The first-order valence-electron chi connectivity index (χ1n) is 8.97. The van der Waals surface area contributed by atoms with Crippen molar-refractivity contribution in [3.8, 4) is 0 Å². The minimum atomic E-state index is -4.34. The predicted molar refractivity (Wildman–Crippen MR) is 109 cm³/mol. The molecular weight excluding hydrogens is 487 g/mol. The monoisotopic (exact) mass is 502 g/mol. The molecule has 0 radical (unpaired) electrons. The van der Waals surface area contributed by atoms with Crippen LogP contribution < -0.4 is 10.9 Å². The molecule has 1 aliphatic rings. The summed E-state index contributed by atoms with van der Waals surface area (Å²) in [7, 11) is -4.34. The largest absolute Gasteiger partial charge is 0.387 e. The summed E-state index contributed by atoms with van der Waals surface area (Å²) < 4.78 is 47.8. The molecule has 3 aromatic heterocycles. The number of nitrogen functional groups attached to an aromatic ring is 1. The summed E-state index contributed by atoms with van der Waals surface area (Å²) >= 11 is 0.961. The SMILES string of the molecule is Nc1ncnc2c1c(Sc1ccc([N+](=O)[O-])cn1)nn2[C@@H]1O[C@H](COS(N)(=O)=O)[C@@H](O)[C@@H]1F. The number of alkyl halides is 1. The van der Waals surface area contributed by atoms with Crippen LogP contribution in [0, 0.1) is 10.1 Å². The summed E-state index contributed by atoms with van der Waals surface area (Å²) in [5.74, 6) is 0.0127. The number of nitrogens with two attached hydrogens (primary N) is 2. The van der Waals surface area contributed by atoms with Crippen molar-refractivity contribution in [1.82, 2.24) is 24.7 Å². The van der Waals surface area contributed by atoms with Gasteiger partial charge in [0.25, 0.3) is 5.69 Å². The number of pyridine rings is 1. The van der Waals surface area contributed by atoms with Gasteiger partial charge in [-0.15, -0.1) is 0 Å². The van der Waals surface area contributed by atoms with Gasteiger partial charge >= 0.3 is 10.3 Å². The molecule has 0 aliphatic carbocycles. The molecule has 5 N–H and O–H groups in total. The van der Waals surface area contributed by atoms with Crippen molar-refractivity contribution in [3.05, 3.63) is 34.8 Å². The van der Waals surface area contributed by atoms with Gasteiger partial charge in [-0.1, -0.05) is 0 Å². The fraction of sp³-hybridized carbons (Fsp3) is 0.333. The van der Waals surface area contributed by atoms with Gasteiger partial charge < -0.3 is 15.6 Å². The predicted octanol–water partition coefficient (Wildman–Crippen LogP) is -0.321. The number of aliphatic hydroxyl groups is 1. The van der Waals surface area contributed by atoms with Crippen LogP contribution in [0.2, 0.25) is 0 Å². The Kier molecular flexibility index (Phi) is 6.12. The molecule has 0 unspecified atom stereocenters. The lowest BCUT2D eigenvalue weighted by Crippen LogP contribution is -2.33. The van der Waals surface area contributed by atoms with Gasteiger partial charge in [0.1, 0.15) is 40.6 Å². The maximum Gasteiger partial charge on any atom is 0.333 e. The van der Waals surface area contributed by atoms with Crippen LogP contribution >= 0.6 is 11.8 Å². The molecule has 15 nitrogen and oxygen atoms in total. The number of ether oxygens (including phenoxy) is 1. The standard InChI is InChI=1S/C15H15FN8O7S2/c16-10-11(25)7(4-30-33(18,28)29)31-15(10)23-13-9(12(17)20-5-21-13)14(22-23)32-8-2-1-6(3-19-8)24(26)27/h1-3,5,7,10-11,15,25H,4H2,(H2,17,20,21)(H2,18,28,29)/t7-,10+,11-,15-/m1/s1. The smallest absolute Gasteiger partial charge is 0.333 e. The Hall–Kier alpha value is -3.03. The molecular formula is C15H15FN8O7S2. The zero-order chi connectivity index (χ0) is 23.9. The summed E-state index contributed by atoms with van der Waals surface area (Å²) in [6, 6.07) is 2.64. The third-order valence-corrected chi connectivity index (χ3v) is 5.94. The highest BCUT2D eigenvalue weighted by atomic mass is 32.2. The normalized spacial score (nSPS) is 23.2. The molecule has 1 aliphatic heterocycles. The number of nitrogens with zero attached hydrogens (tertiary/aromatic N) is 6. The number of hydrogen-bond donors (Lipinski definition) is 3. The lowest BCUT2D eigenvalue weighted by molar-refractivity contribution is -0.385. The molecule has 0 amide bonds. The van der Waals surface area contributed by atoms with Crippen LogP contribution in [0.25, 0.3) is 11.0 Å². The van der Waals surface area contributed by atoms with E-state index in [0.717, 1.165) is 29.0 Å². The van der Waals surface area contributed by atoms with Crippen LogP contribution in [0.1, 0.15) is 6.23 Å². The van der Waals surface area contributed by atoms with E-state index in [1.807, 2.05) is 0 Å². The number of fused-ring (bicyclic) bond motifs is 1. The molecule has 4 rings (SSSR count). The van der Waals surface area contributed by atoms with E-state index in [1.165, 1.54) is 12.1 Å². The summed E-state index contributed by atoms with van der Waals surface area (Å²) in [5, 5.41) is 30.7. The maximum atomic E-state index is 14.9. The lowest BCUT2D eigenvalue weighted by atomic mass is 10.1. The quantitative estimate of drug-likeness (QED) is 0.278. The highest BCUT2D eigenvalue weighted by molar-refractivity contribution is 7.99. The molecule has 18 heteroatoms. The molecule has 4 atom stereocenters. The van der Waals surface area contributed by atoms with Gasteiger partial charge in [-0.2, -0.15) is 13.5 Å². The first-order valence-corrected chi connectivity index (χ1v) is 11.3. The van der Waals surface area contributed by atoms with Gasteiger partial charge in [0.15, 0.2) is 18.0 Å². The Balaban J connectivity index is 1.67. The van der Waals surface area contributed by atoms with Crippen molar-refractivity contribution in [3.63, 3.8) is 0 Å². The van der Waals surface area contributed by atoms with E-state index in [0.29, 0.717) is 5.03 Å². The van der Waals surface area contributed by atoms with Gasteiger partial charge in [0, 0.05) is 6.07 Å². The molecule has 0 aromatic carbocycles. The molecule has 176 valence electrons. The van der Waals surface area contributed by atoms with E-state index in [-0.39, 0.29) is 27.6 Å². The van der Waals surface area contributed by atoms with Gasteiger partial charge in [0.05, 0.1) is 16.9 Å². The van der Waals surface area contributed by atoms with Crippen molar-refractivity contribution >= 4 is 44.6 Å². The Morgan fingerprint density at radius 3 is 2.76 bits per heavy atom. The molecule has 0 spiro atoms. The average molecular weight is 502 g/mol. The first-order chi connectivity index (χ1) is 15.5. The van der Waals surface area contributed by atoms with Crippen LogP contribution in [-0.2, 0) is 19.2 Å². The fourth-order valence-electron chi connectivity index (χ4n) is 3.05. The molecule has 33 heavy (non-hydrogen) atoms. The molecule has 0 bridgehead atoms. The lowest BCUT2D eigenvalue weighted by Gasteiger charge is -2.14. The number of aliphatic hydroxyl groups excluding tert-OH is 1. The van der Waals surface area contributed by atoms with E-state index >= 15 is 0 Å². The number of rotatable bonds is 7. The van der Waals surface area contributed by atoms with Crippen LogP contribution in [0.3, 0.4) is 0 Å². The Labute approximate surface area is 188 Å². The number of halogens is 1. The third kappa shape index (κ3) is 4.70. The van der Waals surface area contributed by atoms with E-state index in [4.69, 9.17) is 15.6 Å². The molecule has 1 saturated heterocycles. The second kappa shape index (κ2) is 8.72. The Morgan fingerprint density at radius 2 is 2.12 bits per heavy atom. The molecule has 4 heterocycles. The summed E-state index contributed by atoms with van der Waals surface area (Å²) in [6.07, 6.45) is -4.48. The average Bonchev–Trinajstić information content (AvgIpc) is 3.25. The van der Waals surface area contributed by atoms with E-state index < -0.39 is 46.4 Å². The van der Waals surface area contributed by atoms with Crippen LogP contribution in [-0.4, -0.2) is 68.2 Å². The van der Waals surface area contributed by atoms with Crippen LogP contribution in [0.5, 0.6) is 0 Å². The van der Waals surface area contributed by atoms with Gasteiger partial charge in [-0.05, 0) is 17.8 Å². The third-order valence-electron chi connectivity index (χ3n) is 4.55. The zero-order valence-electron chi connectivity index (χ0n) is 16.3. The van der Waals surface area contributed by atoms with Crippen molar-refractivity contribution in [2.45, 2.75) is 34.7 Å². The van der Waals surface area contributed by atoms with Crippen molar-refractivity contribution in [1.29, 1.82) is 0 Å². The van der Waals surface area contributed by atoms with Crippen molar-refractivity contribution < 1.29 is 31.8 Å². The van der Waals surface area contributed by atoms with Crippen molar-refractivity contribution in [2.75, 3.05) is 12.3 Å². The van der Waals surface area contributed by atoms with Crippen molar-refractivity contribution in [2.24, 2.45) is 5.14 Å².